The molecule has 2 N–H and O–H groups in total. The molecule has 0 amide bonds. The Morgan fingerprint density at radius 1 is 1.32 bits per heavy atom. The van der Waals surface area contributed by atoms with E-state index in [1.54, 1.807) is 0 Å². The zero-order chi connectivity index (χ0) is 14.1. The normalized spacial score (nSPS) is 22.6. The van der Waals surface area contributed by atoms with E-state index in [9.17, 15) is 0 Å². The Labute approximate surface area is 117 Å². The lowest BCUT2D eigenvalue weighted by Gasteiger charge is -2.46. The topological polar surface area (TPSA) is 41.9 Å². The summed E-state index contributed by atoms with van der Waals surface area (Å²) in [5.41, 5.74) is 0.388. The maximum absolute atomic E-state index is 4.43. The van der Waals surface area contributed by atoms with Crippen molar-refractivity contribution < 1.29 is 0 Å². The van der Waals surface area contributed by atoms with Gasteiger partial charge in [-0.15, -0.1) is 0 Å². The summed E-state index contributed by atoms with van der Waals surface area (Å²) in [7, 11) is 0. The van der Waals surface area contributed by atoms with Gasteiger partial charge in [0, 0.05) is 36.1 Å². The molecule has 0 radical (unpaired) electrons. The molecule has 1 aliphatic rings. The summed E-state index contributed by atoms with van der Waals surface area (Å²) < 4.78 is 2.20. The molecule has 1 aromatic rings. The van der Waals surface area contributed by atoms with Crippen LogP contribution in [0, 0.1) is 0 Å². The standard InChI is InChI=1S/C15H28N4/c1-6-19-8-7-16-13(19)11-17-12-9-14(2,3)18-15(4,5)10-12/h7-8,12,17-18H,6,9-11H2,1-5H3. The number of aryl methyl sites for hydroxylation is 1. The number of piperidine rings is 1. The monoisotopic (exact) mass is 264 g/mol. The molecular weight excluding hydrogens is 236 g/mol. The fourth-order valence-electron chi connectivity index (χ4n) is 3.50. The van der Waals surface area contributed by atoms with E-state index in [0.717, 1.165) is 31.8 Å². The lowest BCUT2D eigenvalue weighted by molar-refractivity contribution is 0.145. The number of hydrogen-bond donors (Lipinski definition) is 2. The highest BCUT2D eigenvalue weighted by Gasteiger charge is 2.37. The second kappa shape index (κ2) is 5.25. The van der Waals surface area contributed by atoms with Gasteiger partial charge in [0.05, 0.1) is 6.54 Å². The highest BCUT2D eigenvalue weighted by molar-refractivity contribution is 5.00. The minimum Gasteiger partial charge on any atom is -0.334 e. The summed E-state index contributed by atoms with van der Waals surface area (Å²) >= 11 is 0. The van der Waals surface area contributed by atoms with E-state index in [1.807, 2.05) is 12.4 Å². The van der Waals surface area contributed by atoms with Crippen molar-refractivity contribution in [3.05, 3.63) is 18.2 Å². The Hall–Kier alpha value is -0.870. The van der Waals surface area contributed by atoms with Crippen LogP contribution in [-0.2, 0) is 13.1 Å². The number of imidazole rings is 1. The van der Waals surface area contributed by atoms with Crippen LogP contribution in [-0.4, -0.2) is 26.7 Å². The molecule has 1 fully saturated rings. The van der Waals surface area contributed by atoms with Gasteiger partial charge < -0.3 is 15.2 Å². The second-order valence-electron chi connectivity index (χ2n) is 7.01. The van der Waals surface area contributed by atoms with Crippen LogP contribution in [0.1, 0.15) is 53.3 Å². The number of nitrogens with one attached hydrogen (secondary N) is 2. The van der Waals surface area contributed by atoms with Crippen LogP contribution < -0.4 is 10.6 Å². The first-order valence-corrected chi connectivity index (χ1v) is 7.34. The summed E-state index contributed by atoms with van der Waals surface area (Å²) in [4.78, 5) is 4.43. The summed E-state index contributed by atoms with van der Waals surface area (Å²) in [5.74, 6) is 1.14. The van der Waals surface area contributed by atoms with E-state index in [2.05, 4.69) is 54.8 Å². The minimum atomic E-state index is 0.194. The Balaban J connectivity index is 1.96. The molecule has 1 aromatic heterocycles. The smallest absolute Gasteiger partial charge is 0.122 e. The minimum absolute atomic E-state index is 0.194. The third-order valence-electron chi connectivity index (χ3n) is 3.88. The van der Waals surface area contributed by atoms with Crippen LogP contribution in [0.25, 0.3) is 0 Å². The number of rotatable bonds is 4. The Kier molecular flexibility index (Phi) is 4.02. The summed E-state index contributed by atoms with van der Waals surface area (Å²) in [6.07, 6.45) is 6.25. The van der Waals surface area contributed by atoms with Crippen molar-refractivity contribution in [3.63, 3.8) is 0 Å². The molecule has 2 heterocycles. The molecule has 1 aliphatic heterocycles. The van der Waals surface area contributed by atoms with Crippen molar-refractivity contribution in [3.8, 4) is 0 Å². The molecule has 0 unspecified atom stereocenters. The van der Waals surface area contributed by atoms with Crippen molar-refractivity contribution in [2.45, 2.75) is 77.7 Å². The second-order valence-corrected chi connectivity index (χ2v) is 7.01. The van der Waals surface area contributed by atoms with E-state index in [-0.39, 0.29) is 11.1 Å². The summed E-state index contributed by atoms with van der Waals surface area (Å²) in [5, 5.41) is 7.40. The highest BCUT2D eigenvalue weighted by Crippen LogP contribution is 2.28. The van der Waals surface area contributed by atoms with Crippen LogP contribution in [0.5, 0.6) is 0 Å². The Morgan fingerprint density at radius 2 is 1.95 bits per heavy atom. The van der Waals surface area contributed by atoms with Gasteiger partial charge in [0.25, 0.3) is 0 Å². The molecule has 4 nitrogen and oxygen atoms in total. The molecule has 19 heavy (non-hydrogen) atoms. The summed E-state index contributed by atoms with van der Waals surface area (Å²) in [6.45, 7) is 13.1. The first-order valence-electron chi connectivity index (χ1n) is 7.34. The van der Waals surface area contributed by atoms with Gasteiger partial charge in [-0.3, -0.25) is 0 Å². The zero-order valence-corrected chi connectivity index (χ0v) is 13.0. The van der Waals surface area contributed by atoms with Gasteiger partial charge in [-0.2, -0.15) is 0 Å². The number of aromatic nitrogens is 2. The van der Waals surface area contributed by atoms with Crippen molar-refractivity contribution in [2.24, 2.45) is 0 Å². The largest absolute Gasteiger partial charge is 0.334 e. The molecule has 2 rings (SSSR count). The fourth-order valence-corrected chi connectivity index (χ4v) is 3.50. The first kappa shape index (κ1) is 14.5. The molecule has 0 aromatic carbocycles. The third kappa shape index (κ3) is 3.80. The summed E-state index contributed by atoms with van der Waals surface area (Å²) in [6, 6.07) is 0.549. The van der Waals surface area contributed by atoms with Gasteiger partial charge in [0.15, 0.2) is 0 Å². The van der Waals surface area contributed by atoms with E-state index >= 15 is 0 Å². The maximum Gasteiger partial charge on any atom is 0.122 e. The predicted molar refractivity (Wildman–Crippen MR) is 79.1 cm³/mol. The Morgan fingerprint density at radius 3 is 2.53 bits per heavy atom. The van der Waals surface area contributed by atoms with Gasteiger partial charge in [-0.25, -0.2) is 4.98 Å². The molecular formula is C15H28N4. The number of nitrogens with zero attached hydrogens (tertiary/aromatic N) is 2. The molecule has 1 saturated heterocycles. The zero-order valence-electron chi connectivity index (χ0n) is 13.0. The molecule has 4 heteroatoms. The third-order valence-corrected chi connectivity index (χ3v) is 3.88. The van der Waals surface area contributed by atoms with Crippen LogP contribution in [0.4, 0.5) is 0 Å². The highest BCUT2D eigenvalue weighted by atomic mass is 15.1. The Bertz CT molecular complexity index is 404. The van der Waals surface area contributed by atoms with Crippen molar-refractivity contribution in [1.29, 1.82) is 0 Å². The van der Waals surface area contributed by atoms with Crippen LogP contribution >= 0.6 is 0 Å². The molecule has 0 spiro atoms. The van der Waals surface area contributed by atoms with Gasteiger partial charge >= 0.3 is 0 Å². The van der Waals surface area contributed by atoms with Crippen LogP contribution in [0.3, 0.4) is 0 Å². The van der Waals surface area contributed by atoms with Gasteiger partial charge in [0.1, 0.15) is 5.82 Å². The molecule has 0 atom stereocenters. The van der Waals surface area contributed by atoms with Crippen molar-refractivity contribution >= 4 is 0 Å². The molecule has 0 aliphatic carbocycles. The van der Waals surface area contributed by atoms with E-state index < -0.39 is 0 Å². The molecule has 108 valence electrons. The van der Waals surface area contributed by atoms with E-state index in [4.69, 9.17) is 0 Å². The van der Waals surface area contributed by atoms with Gasteiger partial charge in [-0.1, -0.05) is 0 Å². The average Bonchev–Trinajstić information content (AvgIpc) is 2.69. The first-order chi connectivity index (χ1) is 8.81. The van der Waals surface area contributed by atoms with Crippen molar-refractivity contribution in [2.75, 3.05) is 0 Å². The number of hydrogen-bond acceptors (Lipinski definition) is 3. The van der Waals surface area contributed by atoms with Gasteiger partial charge in [0.2, 0.25) is 0 Å². The van der Waals surface area contributed by atoms with Gasteiger partial charge in [-0.05, 0) is 47.5 Å². The molecule has 0 bridgehead atoms. The lowest BCUT2D eigenvalue weighted by Crippen LogP contribution is -2.61. The van der Waals surface area contributed by atoms with E-state index in [0.29, 0.717) is 6.04 Å². The van der Waals surface area contributed by atoms with E-state index in [1.165, 1.54) is 0 Å². The maximum atomic E-state index is 4.43. The SMILES string of the molecule is CCn1ccnc1CNC1CC(C)(C)NC(C)(C)C1. The van der Waals surface area contributed by atoms with Crippen LogP contribution in [0.15, 0.2) is 12.4 Å². The molecule has 0 saturated carbocycles. The lowest BCUT2D eigenvalue weighted by atomic mass is 9.79. The fraction of sp³-hybridized carbons (Fsp3) is 0.800. The quantitative estimate of drug-likeness (QED) is 0.877. The van der Waals surface area contributed by atoms with Crippen molar-refractivity contribution in [1.82, 2.24) is 20.2 Å². The predicted octanol–water partition coefficient (Wildman–Crippen LogP) is 2.30. The average molecular weight is 264 g/mol. The van der Waals surface area contributed by atoms with Crippen LogP contribution in [0.2, 0.25) is 0 Å².